The fourth-order valence-corrected chi connectivity index (χ4v) is 5.24. The molecule has 0 bridgehead atoms. The second kappa shape index (κ2) is 8.14. The fourth-order valence-electron chi connectivity index (χ4n) is 2.75. The summed E-state index contributed by atoms with van der Waals surface area (Å²) in [4.78, 5) is 25.0. The molecule has 0 saturated heterocycles. The quantitative estimate of drug-likeness (QED) is 0.737. The first-order valence-electron chi connectivity index (χ1n) is 8.57. The Balaban J connectivity index is 1.74. The predicted molar refractivity (Wildman–Crippen MR) is 112 cm³/mol. The number of fused-ring (bicyclic) bond motifs is 1. The van der Waals surface area contributed by atoms with Gasteiger partial charge in [-0.25, -0.2) is 8.42 Å². The number of carbonyl (C=O) groups is 2. The van der Waals surface area contributed by atoms with Crippen LogP contribution in [0.15, 0.2) is 52.3 Å². The zero-order valence-electron chi connectivity index (χ0n) is 15.2. The predicted octanol–water partition coefficient (Wildman–Crippen LogP) is 3.96. The van der Waals surface area contributed by atoms with E-state index in [0.717, 1.165) is 4.90 Å². The van der Waals surface area contributed by atoms with Crippen LogP contribution in [-0.2, 0) is 19.4 Å². The SMILES string of the molecule is C[C@@H]1Sc2ccc(S(=O)(=O)[C@H](C)CC(=O)Nc3cccc(Cl)c3)cc2NC1=O. The van der Waals surface area contributed by atoms with Gasteiger partial charge in [0.25, 0.3) is 0 Å². The molecule has 0 unspecified atom stereocenters. The molecule has 0 saturated carbocycles. The van der Waals surface area contributed by atoms with Crippen molar-refractivity contribution in [2.45, 2.75) is 40.6 Å². The highest BCUT2D eigenvalue weighted by Crippen LogP contribution is 2.37. The van der Waals surface area contributed by atoms with Crippen LogP contribution in [0.4, 0.5) is 11.4 Å². The average molecular weight is 439 g/mol. The number of thioether (sulfide) groups is 1. The molecule has 9 heteroatoms. The van der Waals surface area contributed by atoms with E-state index in [0.29, 0.717) is 16.4 Å². The van der Waals surface area contributed by atoms with Gasteiger partial charge in [-0.3, -0.25) is 9.59 Å². The Labute approximate surface area is 173 Å². The van der Waals surface area contributed by atoms with Crippen molar-refractivity contribution < 1.29 is 18.0 Å². The molecule has 28 heavy (non-hydrogen) atoms. The molecule has 6 nitrogen and oxygen atoms in total. The van der Waals surface area contributed by atoms with Crippen molar-refractivity contribution in [2.75, 3.05) is 10.6 Å². The highest BCUT2D eigenvalue weighted by atomic mass is 35.5. The van der Waals surface area contributed by atoms with Crippen molar-refractivity contribution in [3.8, 4) is 0 Å². The van der Waals surface area contributed by atoms with E-state index in [1.54, 1.807) is 37.3 Å². The second-order valence-corrected chi connectivity index (χ2v) is 10.7. The Kier molecular flexibility index (Phi) is 6.02. The summed E-state index contributed by atoms with van der Waals surface area (Å²) >= 11 is 7.26. The highest BCUT2D eigenvalue weighted by molar-refractivity contribution is 8.01. The van der Waals surface area contributed by atoms with Crippen LogP contribution >= 0.6 is 23.4 Å². The molecule has 1 aliphatic heterocycles. The zero-order chi connectivity index (χ0) is 20.5. The third kappa shape index (κ3) is 4.51. The maximum absolute atomic E-state index is 12.9. The third-order valence-corrected chi connectivity index (χ3v) is 7.87. The average Bonchev–Trinajstić information content (AvgIpc) is 2.62. The summed E-state index contributed by atoms with van der Waals surface area (Å²) in [5.41, 5.74) is 0.981. The van der Waals surface area contributed by atoms with Crippen LogP contribution in [0.25, 0.3) is 0 Å². The minimum absolute atomic E-state index is 0.0739. The van der Waals surface area contributed by atoms with Gasteiger partial charge in [0.2, 0.25) is 11.8 Å². The maximum Gasteiger partial charge on any atom is 0.237 e. The van der Waals surface area contributed by atoms with Gasteiger partial charge in [-0.1, -0.05) is 17.7 Å². The van der Waals surface area contributed by atoms with Crippen molar-refractivity contribution >= 4 is 56.4 Å². The minimum Gasteiger partial charge on any atom is -0.326 e. The van der Waals surface area contributed by atoms with Gasteiger partial charge < -0.3 is 10.6 Å². The van der Waals surface area contributed by atoms with Crippen LogP contribution in [0.3, 0.4) is 0 Å². The molecule has 1 heterocycles. The third-order valence-electron chi connectivity index (χ3n) is 4.32. The molecule has 0 fully saturated rings. The first kappa shape index (κ1) is 20.7. The number of carbonyl (C=O) groups excluding carboxylic acids is 2. The first-order valence-corrected chi connectivity index (χ1v) is 11.4. The smallest absolute Gasteiger partial charge is 0.237 e. The number of anilines is 2. The topological polar surface area (TPSA) is 92.3 Å². The summed E-state index contributed by atoms with van der Waals surface area (Å²) in [5, 5.41) is 4.68. The van der Waals surface area contributed by atoms with Gasteiger partial charge in [-0.05, 0) is 50.2 Å². The lowest BCUT2D eigenvalue weighted by molar-refractivity contribution is -0.116. The number of nitrogens with one attached hydrogen (secondary N) is 2. The summed E-state index contributed by atoms with van der Waals surface area (Å²) in [6, 6.07) is 11.3. The van der Waals surface area contributed by atoms with Gasteiger partial charge in [0.15, 0.2) is 9.84 Å². The monoisotopic (exact) mass is 438 g/mol. The van der Waals surface area contributed by atoms with Crippen molar-refractivity contribution in [3.63, 3.8) is 0 Å². The summed E-state index contributed by atoms with van der Waals surface area (Å²) in [6.07, 6.45) is -0.204. The lowest BCUT2D eigenvalue weighted by Gasteiger charge is -2.22. The molecule has 0 aromatic heterocycles. The van der Waals surface area contributed by atoms with Gasteiger partial charge in [0, 0.05) is 22.0 Å². The van der Waals surface area contributed by atoms with Crippen molar-refractivity contribution in [1.29, 1.82) is 0 Å². The van der Waals surface area contributed by atoms with Crippen LogP contribution < -0.4 is 10.6 Å². The molecule has 2 atom stereocenters. The van der Waals surface area contributed by atoms with Gasteiger partial charge in [-0.15, -0.1) is 11.8 Å². The van der Waals surface area contributed by atoms with E-state index in [1.807, 2.05) is 0 Å². The zero-order valence-corrected chi connectivity index (χ0v) is 17.6. The molecule has 2 amide bonds. The molecular formula is C19H19ClN2O4S2. The van der Waals surface area contributed by atoms with Crippen LogP contribution in [0, 0.1) is 0 Å². The Morgan fingerprint density at radius 1 is 1.29 bits per heavy atom. The number of rotatable bonds is 5. The molecule has 148 valence electrons. The Morgan fingerprint density at radius 3 is 2.75 bits per heavy atom. The number of hydrogen-bond donors (Lipinski definition) is 2. The molecule has 0 radical (unpaired) electrons. The number of amides is 2. The number of benzene rings is 2. The van der Waals surface area contributed by atoms with Gasteiger partial charge in [0.1, 0.15) is 0 Å². The van der Waals surface area contributed by atoms with E-state index in [4.69, 9.17) is 11.6 Å². The van der Waals surface area contributed by atoms with Crippen molar-refractivity contribution in [3.05, 3.63) is 47.5 Å². The van der Waals surface area contributed by atoms with E-state index in [-0.39, 0.29) is 22.5 Å². The van der Waals surface area contributed by atoms with Crippen molar-refractivity contribution in [2.24, 2.45) is 0 Å². The first-order chi connectivity index (χ1) is 13.2. The molecule has 2 aromatic rings. The Bertz CT molecular complexity index is 1040. The second-order valence-electron chi connectivity index (χ2n) is 6.53. The molecule has 0 aliphatic carbocycles. The van der Waals surface area contributed by atoms with Gasteiger partial charge in [0.05, 0.1) is 21.1 Å². The summed E-state index contributed by atoms with van der Waals surface area (Å²) in [7, 11) is -3.75. The molecule has 2 aromatic carbocycles. The largest absolute Gasteiger partial charge is 0.326 e. The summed E-state index contributed by atoms with van der Waals surface area (Å²) in [6.45, 7) is 3.27. The molecule has 0 spiro atoms. The lowest BCUT2D eigenvalue weighted by atomic mass is 10.3. The van der Waals surface area contributed by atoms with Crippen LogP contribution in [0.5, 0.6) is 0 Å². The molecule has 3 rings (SSSR count). The van der Waals surface area contributed by atoms with Gasteiger partial charge in [-0.2, -0.15) is 0 Å². The Hall–Kier alpha value is -2.03. The lowest BCUT2D eigenvalue weighted by Crippen LogP contribution is -2.27. The van der Waals surface area contributed by atoms with E-state index in [9.17, 15) is 18.0 Å². The number of sulfone groups is 1. The van der Waals surface area contributed by atoms with E-state index >= 15 is 0 Å². The van der Waals surface area contributed by atoms with Crippen LogP contribution in [0.1, 0.15) is 20.3 Å². The summed E-state index contributed by atoms with van der Waals surface area (Å²) in [5.74, 6) is -0.588. The van der Waals surface area contributed by atoms with Crippen LogP contribution in [0.2, 0.25) is 5.02 Å². The summed E-state index contributed by atoms with van der Waals surface area (Å²) < 4.78 is 25.8. The highest BCUT2D eigenvalue weighted by Gasteiger charge is 2.29. The Morgan fingerprint density at radius 2 is 2.04 bits per heavy atom. The van der Waals surface area contributed by atoms with Crippen LogP contribution in [-0.4, -0.2) is 30.7 Å². The number of halogens is 1. The standard InChI is InChI=1S/C19H19ClN2O4S2/c1-11(8-18(23)21-14-5-3-4-13(20)9-14)28(25,26)15-6-7-17-16(10-15)22-19(24)12(2)27-17/h3-7,9-12H,8H2,1-2H3,(H,21,23)(H,22,24)/t11-,12+/m1/s1. The molecular weight excluding hydrogens is 420 g/mol. The van der Waals surface area contributed by atoms with Crippen molar-refractivity contribution in [1.82, 2.24) is 0 Å². The molecule has 1 aliphatic rings. The number of hydrogen-bond acceptors (Lipinski definition) is 5. The van der Waals surface area contributed by atoms with E-state index < -0.39 is 21.0 Å². The normalized spacial score (nSPS) is 17.4. The van der Waals surface area contributed by atoms with Gasteiger partial charge >= 0.3 is 0 Å². The fraction of sp³-hybridized carbons (Fsp3) is 0.263. The van der Waals surface area contributed by atoms with E-state index in [2.05, 4.69) is 10.6 Å². The molecule has 2 N–H and O–H groups in total. The maximum atomic E-state index is 12.9. The van der Waals surface area contributed by atoms with E-state index in [1.165, 1.54) is 30.8 Å². The minimum atomic E-state index is -3.75.